The second-order valence-corrected chi connectivity index (χ2v) is 5.78. The van der Waals surface area contributed by atoms with Crippen LogP contribution in [-0.2, 0) is 11.0 Å². The molecule has 0 saturated heterocycles. The van der Waals surface area contributed by atoms with Crippen LogP contribution in [0.25, 0.3) is 0 Å². The van der Waals surface area contributed by atoms with Gasteiger partial charge in [0.05, 0.1) is 11.1 Å². The summed E-state index contributed by atoms with van der Waals surface area (Å²) in [6, 6.07) is 5.06. The normalized spacial score (nSPS) is 17.2. The van der Waals surface area contributed by atoms with Crippen LogP contribution in [-0.4, -0.2) is 21.3 Å². The smallest absolute Gasteiger partial charge is 0.416 e. The van der Waals surface area contributed by atoms with Crippen LogP contribution in [0.3, 0.4) is 0 Å². The molecule has 8 heteroatoms. The molecule has 2 aromatic rings. The molecule has 1 aliphatic rings. The van der Waals surface area contributed by atoms with Crippen molar-refractivity contribution >= 4 is 11.8 Å². The zero-order valence-corrected chi connectivity index (χ0v) is 13.3. The summed E-state index contributed by atoms with van der Waals surface area (Å²) in [5.74, 6) is -1.94. The highest BCUT2D eigenvalue weighted by molar-refractivity contribution is 5.93. The molecule has 0 aliphatic carbocycles. The standard InChI is InChI=1S/C17H16F3N3O2/c1-2-5-12-14(16(24)25)13(10-8-21-23-15(10)22-12)9-6-3-4-7-11(9)17(18,19)20/h3-4,6-8,13H,2,5H2,1H3,(H,24,25)(H2,21,22,23). The molecule has 25 heavy (non-hydrogen) atoms. The van der Waals surface area contributed by atoms with Crippen molar-refractivity contribution in [2.45, 2.75) is 31.9 Å². The minimum atomic E-state index is -4.58. The fourth-order valence-electron chi connectivity index (χ4n) is 3.19. The van der Waals surface area contributed by atoms with Crippen LogP contribution >= 0.6 is 0 Å². The molecule has 2 heterocycles. The maximum atomic E-state index is 13.5. The van der Waals surface area contributed by atoms with Crippen LogP contribution in [0.1, 0.15) is 42.4 Å². The fourth-order valence-corrected chi connectivity index (χ4v) is 3.19. The highest BCUT2D eigenvalue weighted by atomic mass is 19.4. The van der Waals surface area contributed by atoms with E-state index in [0.717, 1.165) is 6.07 Å². The number of carbonyl (C=O) groups is 1. The van der Waals surface area contributed by atoms with Gasteiger partial charge in [0.25, 0.3) is 0 Å². The number of nitrogens with one attached hydrogen (secondary N) is 2. The summed E-state index contributed by atoms with van der Waals surface area (Å²) in [5.41, 5.74) is -0.244. The molecular formula is C17H16F3N3O2. The molecule has 3 N–H and O–H groups in total. The highest BCUT2D eigenvalue weighted by Gasteiger charge is 2.41. The first-order valence-corrected chi connectivity index (χ1v) is 7.77. The van der Waals surface area contributed by atoms with E-state index in [-0.39, 0.29) is 11.1 Å². The topological polar surface area (TPSA) is 78.0 Å². The number of aromatic nitrogens is 2. The lowest BCUT2D eigenvalue weighted by Crippen LogP contribution is -2.25. The second kappa shape index (κ2) is 6.27. The first kappa shape index (κ1) is 17.1. The molecule has 132 valence electrons. The molecule has 1 aliphatic heterocycles. The molecule has 0 fully saturated rings. The van der Waals surface area contributed by atoms with Crippen LogP contribution in [0.15, 0.2) is 41.7 Å². The Labute approximate surface area is 141 Å². The quantitative estimate of drug-likeness (QED) is 0.774. The van der Waals surface area contributed by atoms with E-state index in [4.69, 9.17) is 0 Å². The van der Waals surface area contributed by atoms with Crippen molar-refractivity contribution in [3.05, 3.63) is 58.4 Å². The summed E-state index contributed by atoms with van der Waals surface area (Å²) in [5, 5.41) is 19.3. The van der Waals surface area contributed by atoms with Gasteiger partial charge in [0.15, 0.2) is 5.82 Å². The number of allylic oxidation sites excluding steroid dienone is 1. The van der Waals surface area contributed by atoms with Gasteiger partial charge in [0.2, 0.25) is 0 Å². The van der Waals surface area contributed by atoms with E-state index < -0.39 is 23.6 Å². The van der Waals surface area contributed by atoms with Crippen molar-refractivity contribution in [3.63, 3.8) is 0 Å². The average Bonchev–Trinajstić information content (AvgIpc) is 3.01. The van der Waals surface area contributed by atoms with Crippen molar-refractivity contribution in [3.8, 4) is 0 Å². The van der Waals surface area contributed by atoms with Crippen molar-refractivity contribution in [1.29, 1.82) is 0 Å². The number of nitrogens with zero attached hydrogens (tertiary/aromatic N) is 1. The minimum absolute atomic E-state index is 0.0764. The third-order valence-corrected chi connectivity index (χ3v) is 4.17. The van der Waals surface area contributed by atoms with E-state index >= 15 is 0 Å². The number of aromatic amines is 1. The van der Waals surface area contributed by atoms with E-state index in [2.05, 4.69) is 15.5 Å². The number of alkyl halides is 3. The predicted molar refractivity (Wildman–Crippen MR) is 85.1 cm³/mol. The number of hydrogen-bond acceptors (Lipinski definition) is 3. The number of carboxylic acid groups (broad SMARTS) is 1. The third-order valence-electron chi connectivity index (χ3n) is 4.17. The zero-order chi connectivity index (χ0) is 18.2. The molecule has 0 bridgehead atoms. The fraction of sp³-hybridized carbons (Fsp3) is 0.294. The molecule has 3 rings (SSSR count). The Morgan fingerprint density at radius 1 is 1.28 bits per heavy atom. The van der Waals surface area contributed by atoms with Crippen molar-refractivity contribution in [2.75, 3.05) is 5.32 Å². The molecule has 0 saturated carbocycles. The lowest BCUT2D eigenvalue weighted by Gasteiger charge is -2.29. The Balaban J connectivity index is 2.28. The summed E-state index contributed by atoms with van der Waals surface area (Å²) in [7, 11) is 0. The van der Waals surface area contributed by atoms with Gasteiger partial charge in [-0.15, -0.1) is 0 Å². The molecule has 1 aromatic carbocycles. The van der Waals surface area contributed by atoms with E-state index in [0.29, 0.717) is 29.9 Å². The van der Waals surface area contributed by atoms with Gasteiger partial charge in [0, 0.05) is 23.4 Å². The summed E-state index contributed by atoms with van der Waals surface area (Å²) in [6.45, 7) is 1.87. The summed E-state index contributed by atoms with van der Waals surface area (Å²) >= 11 is 0. The Hall–Kier alpha value is -2.77. The Kier molecular flexibility index (Phi) is 4.28. The van der Waals surface area contributed by atoms with Gasteiger partial charge < -0.3 is 10.4 Å². The molecule has 1 unspecified atom stereocenters. The first-order valence-electron chi connectivity index (χ1n) is 7.77. The SMILES string of the molecule is CCCC1=C(C(=O)O)C(c2ccccc2C(F)(F)F)c2c[nH]nc2N1. The van der Waals surface area contributed by atoms with E-state index in [9.17, 15) is 23.1 Å². The van der Waals surface area contributed by atoms with E-state index in [1.165, 1.54) is 24.4 Å². The molecule has 0 spiro atoms. The van der Waals surface area contributed by atoms with Gasteiger partial charge in [0.1, 0.15) is 0 Å². The third kappa shape index (κ3) is 2.99. The van der Waals surface area contributed by atoms with Gasteiger partial charge in [-0.25, -0.2) is 4.79 Å². The second-order valence-electron chi connectivity index (χ2n) is 5.78. The number of carboxylic acids is 1. The van der Waals surface area contributed by atoms with Crippen molar-refractivity contribution in [1.82, 2.24) is 10.2 Å². The maximum Gasteiger partial charge on any atom is 0.416 e. The lowest BCUT2D eigenvalue weighted by molar-refractivity contribution is -0.139. The number of fused-ring (bicyclic) bond motifs is 1. The monoisotopic (exact) mass is 351 g/mol. The number of hydrogen-bond donors (Lipinski definition) is 3. The number of anilines is 1. The molecular weight excluding hydrogens is 335 g/mol. The summed E-state index contributed by atoms with van der Waals surface area (Å²) in [6.07, 6.45) is -2.10. The molecule has 1 atom stereocenters. The van der Waals surface area contributed by atoms with Crippen LogP contribution in [0, 0.1) is 0 Å². The van der Waals surface area contributed by atoms with Gasteiger partial charge >= 0.3 is 12.1 Å². The molecule has 0 radical (unpaired) electrons. The summed E-state index contributed by atoms with van der Waals surface area (Å²) < 4.78 is 40.4. The van der Waals surface area contributed by atoms with Gasteiger partial charge in [-0.1, -0.05) is 31.5 Å². The van der Waals surface area contributed by atoms with Crippen molar-refractivity contribution in [2.24, 2.45) is 0 Å². The summed E-state index contributed by atoms with van der Waals surface area (Å²) in [4.78, 5) is 11.9. The Morgan fingerprint density at radius 3 is 2.64 bits per heavy atom. The number of benzene rings is 1. The van der Waals surface area contributed by atoms with Gasteiger partial charge in [-0.3, -0.25) is 5.10 Å². The van der Waals surface area contributed by atoms with E-state index in [1.54, 1.807) is 0 Å². The van der Waals surface area contributed by atoms with Crippen molar-refractivity contribution < 1.29 is 23.1 Å². The maximum absolute atomic E-state index is 13.5. The van der Waals surface area contributed by atoms with Crippen LogP contribution < -0.4 is 5.32 Å². The number of H-pyrrole nitrogens is 1. The minimum Gasteiger partial charge on any atom is -0.478 e. The lowest BCUT2D eigenvalue weighted by atomic mass is 9.80. The van der Waals surface area contributed by atoms with Gasteiger partial charge in [-0.2, -0.15) is 18.3 Å². The van der Waals surface area contributed by atoms with Crippen LogP contribution in [0.2, 0.25) is 0 Å². The largest absolute Gasteiger partial charge is 0.478 e. The van der Waals surface area contributed by atoms with Crippen LogP contribution in [0.4, 0.5) is 19.0 Å². The first-order chi connectivity index (χ1) is 11.8. The zero-order valence-electron chi connectivity index (χ0n) is 13.3. The predicted octanol–water partition coefficient (Wildman–Crippen LogP) is 4.12. The number of aliphatic carboxylic acids is 1. The molecule has 0 amide bonds. The number of halogens is 3. The number of rotatable bonds is 4. The van der Waals surface area contributed by atoms with Gasteiger partial charge in [-0.05, 0) is 18.1 Å². The Morgan fingerprint density at radius 2 is 2.00 bits per heavy atom. The Bertz CT molecular complexity index is 840. The highest BCUT2D eigenvalue weighted by Crippen LogP contribution is 2.45. The molecule has 1 aromatic heterocycles. The van der Waals surface area contributed by atoms with E-state index in [1.807, 2.05) is 6.92 Å². The van der Waals surface area contributed by atoms with Crippen LogP contribution in [0.5, 0.6) is 0 Å². The average molecular weight is 351 g/mol. The molecule has 5 nitrogen and oxygen atoms in total.